The number of sulfonamides is 1. The third-order valence-electron chi connectivity index (χ3n) is 3.00. The average molecular weight is 290 g/mol. The fourth-order valence-electron chi connectivity index (χ4n) is 1.94. The first-order valence-corrected chi connectivity index (χ1v) is 8.19. The zero-order chi connectivity index (χ0) is 13.2. The molecule has 5 nitrogen and oxygen atoms in total. The van der Waals surface area contributed by atoms with Gasteiger partial charge in [-0.25, -0.2) is 13.1 Å². The van der Waals surface area contributed by atoms with E-state index in [4.69, 9.17) is 10.5 Å². The van der Waals surface area contributed by atoms with E-state index in [1.54, 1.807) is 13.0 Å². The molecule has 0 aliphatic carbocycles. The van der Waals surface area contributed by atoms with E-state index >= 15 is 0 Å². The van der Waals surface area contributed by atoms with Gasteiger partial charge in [-0.05, 0) is 25.3 Å². The zero-order valence-electron chi connectivity index (χ0n) is 10.3. The molecule has 0 amide bonds. The molecule has 0 radical (unpaired) electrons. The van der Waals surface area contributed by atoms with Gasteiger partial charge in [0.1, 0.15) is 0 Å². The van der Waals surface area contributed by atoms with Crippen molar-refractivity contribution in [2.24, 2.45) is 11.7 Å². The first kappa shape index (κ1) is 14.0. The molecule has 0 spiro atoms. The molecule has 3 N–H and O–H groups in total. The number of hydrogen-bond donors (Lipinski definition) is 2. The van der Waals surface area contributed by atoms with Crippen molar-refractivity contribution in [3.8, 4) is 0 Å². The van der Waals surface area contributed by atoms with Crippen molar-refractivity contribution in [2.75, 3.05) is 19.8 Å². The van der Waals surface area contributed by atoms with Crippen LogP contribution < -0.4 is 10.5 Å². The molecule has 0 bridgehead atoms. The van der Waals surface area contributed by atoms with E-state index < -0.39 is 10.0 Å². The van der Waals surface area contributed by atoms with E-state index in [-0.39, 0.29) is 5.92 Å². The van der Waals surface area contributed by atoms with E-state index in [2.05, 4.69) is 4.72 Å². The molecule has 0 aromatic carbocycles. The molecule has 102 valence electrons. The molecule has 1 saturated heterocycles. The third-order valence-corrected chi connectivity index (χ3v) is 5.75. The topological polar surface area (TPSA) is 81.4 Å². The highest BCUT2D eigenvalue weighted by Crippen LogP contribution is 2.25. The van der Waals surface area contributed by atoms with Crippen LogP contribution in [0.25, 0.3) is 0 Å². The summed E-state index contributed by atoms with van der Waals surface area (Å²) in [5, 5.41) is 0. The van der Waals surface area contributed by atoms with Crippen LogP contribution in [0.3, 0.4) is 0 Å². The van der Waals surface area contributed by atoms with Gasteiger partial charge in [-0.2, -0.15) is 0 Å². The number of ether oxygens (including phenoxy) is 1. The van der Waals surface area contributed by atoms with Crippen LogP contribution in [-0.2, 0) is 21.3 Å². The molecule has 1 atom stereocenters. The zero-order valence-corrected chi connectivity index (χ0v) is 11.9. The fraction of sp³-hybridized carbons (Fsp3) is 0.636. The maximum Gasteiger partial charge on any atom is 0.241 e. The molecule has 1 fully saturated rings. The summed E-state index contributed by atoms with van der Waals surface area (Å²) in [5.41, 5.74) is 5.53. The highest BCUT2D eigenvalue weighted by atomic mass is 32.2. The molecule has 2 heterocycles. The van der Waals surface area contributed by atoms with Gasteiger partial charge in [-0.15, -0.1) is 11.3 Å². The van der Waals surface area contributed by atoms with Crippen molar-refractivity contribution in [3.05, 3.63) is 15.8 Å². The Labute approximate surface area is 111 Å². The molecule has 1 unspecified atom stereocenters. The summed E-state index contributed by atoms with van der Waals surface area (Å²) in [6.45, 7) is 3.98. The van der Waals surface area contributed by atoms with E-state index in [0.717, 1.165) is 22.8 Å². The lowest BCUT2D eigenvalue weighted by molar-refractivity contribution is 0.186. The molecule has 1 aliphatic heterocycles. The van der Waals surface area contributed by atoms with Crippen LogP contribution in [0.1, 0.15) is 16.2 Å². The molecular weight excluding hydrogens is 272 g/mol. The molecule has 18 heavy (non-hydrogen) atoms. The van der Waals surface area contributed by atoms with Gasteiger partial charge < -0.3 is 10.5 Å². The summed E-state index contributed by atoms with van der Waals surface area (Å²) in [4.78, 5) is 2.02. The average Bonchev–Trinajstić information content (AvgIpc) is 2.95. The van der Waals surface area contributed by atoms with Crippen molar-refractivity contribution in [3.63, 3.8) is 0 Å². The van der Waals surface area contributed by atoms with Gasteiger partial charge in [0.05, 0.1) is 11.5 Å². The van der Waals surface area contributed by atoms with Crippen molar-refractivity contribution >= 4 is 21.4 Å². The maximum atomic E-state index is 12.2. The molecule has 1 aliphatic rings. The molecular formula is C11H18N2O3S2. The second-order valence-electron chi connectivity index (χ2n) is 4.42. The van der Waals surface area contributed by atoms with Crippen molar-refractivity contribution in [1.82, 2.24) is 4.72 Å². The monoisotopic (exact) mass is 290 g/mol. The molecule has 7 heteroatoms. The minimum absolute atomic E-state index is 0.285. The van der Waals surface area contributed by atoms with Crippen LogP contribution in [0.4, 0.5) is 0 Å². The Morgan fingerprint density at radius 2 is 2.39 bits per heavy atom. The first-order chi connectivity index (χ1) is 8.53. The Hall–Kier alpha value is -0.470. The van der Waals surface area contributed by atoms with E-state index in [1.165, 1.54) is 11.3 Å². The van der Waals surface area contributed by atoms with E-state index in [9.17, 15) is 8.42 Å². The number of nitrogens with two attached hydrogens (primary N) is 1. The summed E-state index contributed by atoms with van der Waals surface area (Å²) in [5.74, 6) is 0.285. The summed E-state index contributed by atoms with van der Waals surface area (Å²) < 4.78 is 32.2. The lowest BCUT2D eigenvalue weighted by atomic mass is 10.1. The Morgan fingerprint density at radius 1 is 1.61 bits per heavy atom. The molecule has 2 rings (SSSR count). The maximum absolute atomic E-state index is 12.2. The SMILES string of the molecule is Cc1sc(CN)cc1S(=O)(=O)NCC1CCOC1. The predicted molar refractivity (Wildman–Crippen MR) is 71.1 cm³/mol. The van der Waals surface area contributed by atoms with Crippen molar-refractivity contribution in [2.45, 2.75) is 24.8 Å². The third kappa shape index (κ3) is 3.10. The Morgan fingerprint density at radius 3 is 2.94 bits per heavy atom. The van der Waals surface area contributed by atoms with E-state index in [0.29, 0.717) is 24.6 Å². The van der Waals surface area contributed by atoms with Gasteiger partial charge >= 0.3 is 0 Å². The van der Waals surface area contributed by atoms with Crippen LogP contribution in [0, 0.1) is 12.8 Å². The van der Waals surface area contributed by atoms with Gasteiger partial charge in [-0.1, -0.05) is 0 Å². The van der Waals surface area contributed by atoms with Crippen LogP contribution in [-0.4, -0.2) is 28.2 Å². The smallest absolute Gasteiger partial charge is 0.241 e. The number of rotatable bonds is 5. The van der Waals surface area contributed by atoms with Crippen LogP contribution in [0.15, 0.2) is 11.0 Å². The normalized spacial score (nSPS) is 20.4. The van der Waals surface area contributed by atoms with Crippen LogP contribution >= 0.6 is 11.3 Å². The highest BCUT2D eigenvalue weighted by molar-refractivity contribution is 7.89. The minimum atomic E-state index is -3.42. The second-order valence-corrected chi connectivity index (χ2v) is 7.50. The van der Waals surface area contributed by atoms with Crippen LogP contribution in [0.2, 0.25) is 0 Å². The standard InChI is InChI=1S/C11H18N2O3S2/c1-8-11(4-10(5-12)17-8)18(14,15)13-6-9-2-3-16-7-9/h4,9,13H,2-3,5-7,12H2,1H3. The summed E-state index contributed by atoms with van der Waals surface area (Å²) >= 11 is 1.43. The van der Waals surface area contributed by atoms with Crippen molar-refractivity contribution < 1.29 is 13.2 Å². The molecule has 0 saturated carbocycles. The van der Waals surface area contributed by atoms with Gasteiger partial charge in [-0.3, -0.25) is 0 Å². The first-order valence-electron chi connectivity index (χ1n) is 5.89. The van der Waals surface area contributed by atoms with Gasteiger partial charge in [0.2, 0.25) is 10.0 Å². The van der Waals surface area contributed by atoms with E-state index in [1.807, 2.05) is 0 Å². The molecule has 1 aromatic heterocycles. The number of hydrogen-bond acceptors (Lipinski definition) is 5. The minimum Gasteiger partial charge on any atom is -0.381 e. The number of nitrogens with one attached hydrogen (secondary N) is 1. The van der Waals surface area contributed by atoms with Gasteiger partial charge in [0.15, 0.2) is 0 Å². The Kier molecular flexibility index (Phi) is 4.39. The summed E-state index contributed by atoms with van der Waals surface area (Å²) in [6.07, 6.45) is 0.916. The van der Waals surface area contributed by atoms with Crippen molar-refractivity contribution in [1.29, 1.82) is 0 Å². The summed E-state index contributed by atoms with van der Waals surface area (Å²) in [6, 6.07) is 1.66. The lowest BCUT2D eigenvalue weighted by Crippen LogP contribution is -2.29. The number of aryl methyl sites for hydroxylation is 1. The van der Waals surface area contributed by atoms with Gasteiger partial charge in [0.25, 0.3) is 0 Å². The quantitative estimate of drug-likeness (QED) is 0.841. The Bertz CT molecular complexity index is 504. The fourth-order valence-corrected chi connectivity index (χ4v) is 4.57. The lowest BCUT2D eigenvalue weighted by Gasteiger charge is -2.09. The number of thiophene rings is 1. The van der Waals surface area contributed by atoms with Gasteiger partial charge in [0, 0.05) is 29.5 Å². The predicted octanol–water partition coefficient (Wildman–Crippen LogP) is 0.830. The second kappa shape index (κ2) is 5.66. The highest BCUT2D eigenvalue weighted by Gasteiger charge is 2.22. The molecule has 1 aromatic rings. The summed E-state index contributed by atoms with van der Waals surface area (Å²) in [7, 11) is -3.42. The largest absolute Gasteiger partial charge is 0.381 e. The Balaban J connectivity index is 2.06. The van der Waals surface area contributed by atoms with Crippen LogP contribution in [0.5, 0.6) is 0 Å².